The highest BCUT2D eigenvalue weighted by molar-refractivity contribution is 8.00. The van der Waals surface area contributed by atoms with Crippen LogP contribution in [0.5, 0.6) is 0 Å². The van der Waals surface area contributed by atoms with Crippen LogP contribution in [0.15, 0.2) is 17.2 Å². The Morgan fingerprint density at radius 1 is 0.921 bits per heavy atom. The van der Waals surface area contributed by atoms with Crippen molar-refractivity contribution in [2.45, 2.75) is 89.9 Å². The molecule has 6 rings (SSSR count). The highest BCUT2D eigenvalue weighted by Gasteiger charge is 2.14. The highest BCUT2D eigenvalue weighted by atomic mass is 32.2. The van der Waals surface area contributed by atoms with Crippen molar-refractivity contribution in [3.63, 3.8) is 0 Å². The van der Waals surface area contributed by atoms with Gasteiger partial charge >= 0.3 is 5.69 Å². The van der Waals surface area contributed by atoms with Crippen molar-refractivity contribution in [1.29, 1.82) is 0 Å². The van der Waals surface area contributed by atoms with Crippen LogP contribution in [-0.2, 0) is 16.6 Å². The number of aryl methyl sites for hydroxylation is 1. The molecule has 1 aromatic rings. The quantitative estimate of drug-likeness (QED) is 0.495. The molecular formula is C29H57N5O3S. The molecule has 0 bridgehead atoms. The van der Waals surface area contributed by atoms with E-state index in [4.69, 9.17) is 4.74 Å². The highest BCUT2D eigenvalue weighted by Crippen LogP contribution is 2.24. The molecule has 5 fully saturated rings. The van der Waals surface area contributed by atoms with E-state index in [1.807, 2.05) is 7.05 Å². The van der Waals surface area contributed by atoms with Gasteiger partial charge in [0.05, 0.1) is 6.10 Å². The molecule has 38 heavy (non-hydrogen) atoms. The minimum Gasteiger partial charge on any atom is -0.379 e. The lowest BCUT2D eigenvalue weighted by molar-refractivity contribution is -0.126. The van der Waals surface area contributed by atoms with E-state index in [-0.39, 0.29) is 5.69 Å². The van der Waals surface area contributed by atoms with E-state index < -0.39 is 0 Å². The number of nitrogens with zero attached hydrogens (tertiary/aromatic N) is 3. The van der Waals surface area contributed by atoms with Crippen LogP contribution < -0.4 is 11.0 Å². The van der Waals surface area contributed by atoms with Gasteiger partial charge in [0.2, 0.25) is 5.91 Å². The molecule has 1 amide bonds. The van der Waals surface area contributed by atoms with Crippen molar-refractivity contribution in [2.24, 2.45) is 13.0 Å². The predicted molar refractivity (Wildman–Crippen MR) is 162 cm³/mol. The third kappa shape index (κ3) is 18.1. The first kappa shape index (κ1) is 34.7. The van der Waals surface area contributed by atoms with Crippen LogP contribution in [0, 0.1) is 5.92 Å². The second-order valence-corrected chi connectivity index (χ2v) is 12.6. The number of imidazole rings is 1. The number of carbonyl (C=O) groups is 1. The minimum absolute atomic E-state index is 0.0694. The Kier molecular flexibility index (Phi) is 19.7. The number of thioether (sulfide) groups is 1. The van der Waals surface area contributed by atoms with Crippen LogP contribution in [-0.4, -0.2) is 95.8 Å². The Hall–Kier alpha value is -1.29. The molecule has 0 radical (unpaired) electrons. The average Bonchev–Trinajstić information content (AvgIpc) is 3.71. The maximum Gasteiger partial charge on any atom is 0.325 e. The summed E-state index contributed by atoms with van der Waals surface area (Å²) in [6, 6.07) is 0. The van der Waals surface area contributed by atoms with E-state index in [1.165, 1.54) is 81.4 Å². The number of carbonyl (C=O) groups excluding carboxylic acids is 1. The van der Waals surface area contributed by atoms with Crippen LogP contribution in [0.2, 0.25) is 0 Å². The summed E-state index contributed by atoms with van der Waals surface area (Å²) in [7, 11) is 5.71. The van der Waals surface area contributed by atoms with Gasteiger partial charge in [0, 0.05) is 51.3 Å². The van der Waals surface area contributed by atoms with Crippen molar-refractivity contribution in [2.75, 3.05) is 59.2 Å². The Morgan fingerprint density at radius 2 is 1.66 bits per heavy atom. The molecule has 3 unspecified atom stereocenters. The molecular weight excluding hydrogens is 498 g/mol. The molecule has 222 valence electrons. The molecule has 0 aliphatic carbocycles. The third-order valence-electron chi connectivity index (χ3n) is 7.09. The van der Waals surface area contributed by atoms with Gasteiger partial charge in [-0.05, 0) is 103 Å². The molecule has 5 aliphatic heterocycles. The second kappa shape index (κ2) is 21.5. The Bertz CT molecular complexity index is 691. The lowest BCUT2D eigenvalue weighted by Gasteiger charge is -2.03. The second-order valence-electron chi connectivity index (χ2n) is 11.1. The summed E-state index contributed by atoms with van der Waals surface area (Å²) in [5.74, 6) is 2.63. The van der Waals surface area contributed by atoms with E-state index in [0.29, 0.717) is 12.0 Å². The topological polar surface area (TPSA) is 82.6 Å². The van der Waals surface area contributed by atoms with Gasteiger partial charge in [-0.3, -0.25) is 4.79 Å². The van der Waals surface area contributed by atoms with Gasteiger partial charge in [0.25, 0.3) is 0 Å². The Morgan fingerprint density at radius 3 is 1.82 bits per heavy atom. The van der Waals surface area contributed by atoms with Crippen molar-refractivity contribution >= 4 is 17.7 Å². The Labute approximate surface area is 236 Å². The zero-order chi connectivity index (χ0) is 28.2. The maximum absolute atomic E-state index is 10.5. The smallest absolute Gasteiger partial charge is 0.325 e. The van der Waals surface area contributed by atoms with E-state index in [0.717, 1.165) is 37.2 Å². The van der Waals surface area contributed by atoms with Crippen molar-refractivity contribution in [1.82, 2.24) is 24.7 Å². The summed E-state index contributed by atoms with van der Waals surface area (Å²) < 4.78 is 6.62. The predicted octanol–water partition coefficient (Wildman–Crippen LogP) is 4.37. The van der Waals surface area contributed by atoms with E-state index in [9.17, 15) is 9.59 Å². The number of amides is 1. The third-order valence-corrected chi connectivity index (χ3v) is 8.42. The van der Waals surface area contributed by atoms with Crippen molar-refractivity contribution in [3.05, 3.63) is 22.9 Å². The van der Waals surface area contributed by atoms with Gasteiger partial charge in [0.15, 0.2) is 0 Å². The Balaban J connectivity index is 0.000000228. The summed E-state index contributed by atoms with van der Waals surface area (Å²) in [6.07, 6.45) is 15.3. The van der Waals surface area contributed by atoms with Gasteiger partial charge in [-0.1, -0.05) is 13.8 Å². The summed E-state index contributed by atoms with van der Waals surface area (Å²) >= 11 is 2.10. The summed E-state index contributed by atoms with van der Waals surface area (Å²) in [5, 5.41) is 4.23. The molecule has 0 saturated carbocycles. The fraction of sp³-hybridized carbons (Fsp3) is 0.862. The summed E-state index contributed by atoms with van der Waals surface area (Å²) in [6.45, 7) is 13.8. The monoisotopic (exact) mass is 555 g/mol. The molecule has 5 aliphatic rings. The number of ether oxygens (including phenoxy) is 1. The van der Waals surface area contributed by atoms with Gasteiger partial charge < -0.3 is 29.4 Å². The number of hydrogen-bond acceptors (Lipinski definition) is 6. The number of H-pyrrole nitrogens is 1. The number of nitrogens with one attached hydrogen (secondary N) is 2. The number of rotatable bonds is 0. The lowest BCUT2D eigenvalue weighted by atomic mass is 10.2. The largest absolute Gasteiger partial charge is 0.379 e. The maximum atomic E-state index is 10.5. The van der Waals surface area contributed by atoms with E-state index >= 15 is 0 Å². The first-order valence-corrected chi connectivity index (χ1v) is 15.8. The van der Waals surface area contributed by atoms with Gasteiger partial charge in [-0.2, -0.15) is 11.8 Å². The molecule has 0 spiro atoms. The van der Waals surface area contributed by atoms with Gasteiger partial charge in [-0.25, -0.2) is 4.79 Å². The first-order valence-electron chi connectivity index (χ1n) is 14.8. The van der Waals surface area contributed by atoms with Crippen LogP contribution in [0.3, 0.4) is 0 Å². The first-order chi connectivity index (χ1) is 18.2. The van der Waals surface area contributed by atoms with Crippen LogP contribution in [0.1, 0.15) is 78.6 Å². The number of aromatic amines is 1. The summed E-state index contributed by atoms with van der Waals surface area (Å²) in [4.78, 5) is 27.4. The molecule has 5 saturated heterocycles. The molecule has 6 heterocycles. The number of hydrogen-bond donors (Lipinski definition) is 2. The fourth-order valence-electron chi connectivity index (χ4n) is 4.32. The molecule has 2 N–H and O–H groups in total. The lowest BCUT2D eigenvalue weighted by Crippen LogP contribution is -2.17. The zero-order valence-corrected chi connectivity index (χ0v) is 26.0. The standard InChI is InChI=1S/C5H9NO.2C5H11N.C5H10O.C5H10S.C4H6N2O/c1-6-4-2-3-5(6)7;1-5-2-3-6-4-5;1-6-4-2-3-5-6;2*1-5-3-2-4-6-5;1-6-3-2-5-4(6)7/h2-4H2,1H3;5-6H,2-4H2,1H3;2-5H2,1H3;2*5H,2-4H2,1H3;2-3H,1H3,(H,5,7). The van der Waals surface area contributed by atoms with Crippen LogP contribution >= 0.6 is 11.8 Å². The van der Waals surface area contributed by atoms with Gasteiger partial charge in [0.1, 0.15) is 0 Å². The molecule has 3 atom stereocenters. The fourth-order valence-corrected chi connectivity index (χ4v) is 5.39. The molecule has 0 aromatic carbocycles. The van der Waals surface area contributed by atoms with E-state index in [2.05, 4.69) is 54.8 Å². The molecule has 8 nitrogen and oxygen atoms in total. The summed E-state index contributed by atoms with van der Waals surface area (Å²) in [5.41, 5.74) is -0.0694. The molecule has 9 heteroatoms. The van der Waals surface area contributed by atoms with Crippen LogP contribution in [0.4, 0.5) is 0 Å². The van der Waals surface area contributed by atoms with E-state index in [1.54, 1.807) is 24.3 Å². The molecule has 1 aromatic heterocycles. The van der Waals surface area contributed by atoms with Crippen molar-refractivity contribution in [3.8, 4) is 0 Å². The number of aromatic nitrogens is 2. The SMILES string of the molecule is CC1CCCO1.CC1CCCS1.CC1CCNC1.CN1CCCC1.CN1CCCC1=O.Cn1cc[nH]c1=O. The number of likely N-dealkylation sites (tertiary alicyclic amines) is 2. The normalized spacial score (nSPS) is 26.0. The van der Waals surface area contributed by atoms with Gasteiger partial charge in [-0.15, -0.1) is 0 Å². The van der Waals surface area contributed by atoms with Crippen molar-refractivity contribution < 1.29 is 9.53 Å². The average molecular weight is 556 g/mol. The zero-order valence-electron chi connectivity index (χ0n) is 25.2. The van der Waals surface area contributed by atoms with Crippen LogP contribution in [0.25, 0.3) is 0 Å². The minimum atomic E-state index is -0.0694.